The van der Waals surface area contributed by atoms with Crippen molar-refractivity contribution in [3.8, 4) is 0 Å². The third-order valence-corrected chi connectivity index (χ3v) is 3.29. The molecular formula is C14H13NO3. The SMILES string of the molecule is O=C1C=Cc2cc(N3CCOCC3)ccc2C1=O. The lowest BCUT2D eigenvalue weighted by Crippen LogP contribution is -2.36. The maximum Gasteiger partial charge on any atom is 0.233 e. The number of ketones is 2. The first-order valence-electron chi connectivity index (χ1n) is 5.99. The fourth-order valence-electron chi connectivity index (χ4n) is 2.29. The highest BCUT2D eigenvalue weighted by atomic mass is 16.5. The summed E-state index contributed by atoms with van der Waals surface area (Å²) in [6, 6.07) is 5.60. The number of rotatable bonds is 1. The molecule has 1 heterocycles. The Hall–Kier alpha value is -1.94. The van der Waals surface area contributed by atoms with E-state index in [4.69, 9.17) is 4.74 Å². The van der Waals surface area contributed by atoms with Gasteiger partial charge < -0.3 is 9.64 Å². The Kier molecular flexibility index (Phi) is 2.72. The maximum absolute atomic E-state index is 11.7. The Bertz CT molecular complexity index is 542. The number of carbonyl (C=O) groups excluding carboxylic acids is 2. The topological polar surface area (TPSA) is 46.6 Å². The highest BCUT2D eigenvalue weighted by molar-refractivity contribution is 6.50. The van der Waals surface area contributed by atoms with Gasteiger partial charge in [-0.3, -0.25) is 9.59 Å². The number of hydrogen-bond acceptors (Lipinski definition) is 4. The largest absolute Gasteiger partial charge is 0.378 e. The molecule has 4 nitrogen and oxygen atoms in total. The van der Waals surface area contributed by atoms with Gasteiger partial charge >= 0.3 is 0 Å². The standard InChI is InChI=1S/C14H13NO3/c16-13-4-1-10-9-11(2-3-12(10)14(13)17)15-5-7-18-8-6-15/h1-4,9H,5-8H2. The first kappa shape index (κ1) is 11.2. The second kappa shape index (κ2) is 4.38. The van der Waals surface area contributed by atoms with Gasteiger partial charge in [-0.15, -0.1) is 0 Å². The highest BCUT2D eigenvalue weighted by Gasteiger charge is 2.21. The molecule has 4 heteroatoms. The van der Waals surface area contributed by atoms with Crippen LogP contribution in [0.15, 0.2) is 24.3 Å². The summed E-state index contributed by atoms with van der Waals surface area (Å²) in [5.41, 5.74) is 2.40. The van der Waals surface area contributed by atoms with Gasteiger partial charge in [-0.2, -0.15) is 0 Å². The Morgan fingerprint density at radius 2 is 1.83 bits per heavy atom. The van der Waals surface area contributed by atoms with Crippen molar-refractivity contribution in [1.29, 1.82) is 0 Å². The van der Waals surface area contributed by atoms with Crippen LogP contribution in [-0.4, -0.2) is 37.9 Å². The lowest BCUT2D eigenvalue weighted by Gasteiger charge is -2.29. The van der Waals surface area contributed by atoms with E-state index in [9.17, 15) is 9.59 Å². The molecule has 0 saturated carbocycles. The van der Waals surface area contributed by atoms with Crippen molar-refractivity contribution in [1.82, 2.24) is 0 Å². The van der Waals surface area contributed by atoms with Crippen molar-refractivity contribution < 1.29 is 14.3 Å². The van der Waals surface area contributed by atoms with Crippen LogP contribution in [-0.2, 0) is 9.53 Å². The van der Waals surface area contributed by atoms with E-state index in [-0.39, 0.29) is 0 Å². The molecule has 0 unspecified atom stereocenters. The van der Waals surface area contributed by atoms with Crippen LogP contribution in [0.2, 0.25) is 0 Å². The average molecular weight is 243 g/mol. The summed E-state index contributed by atoms with van der Waals surface area (Å²) in [6.45, 7) is 3.17. The number of allylic oxidation sites excluding steroid dienone is 1. The summed E-state index contributed by atoms with van der Waals surface area (Å²) >= 11 is 0. The summed E-state index contributed by atoms with van der Waals surface area (Å²) in [5.74, 6) is -0.859. The molecular weight excluding hydrogens is 230 g/mol. The average Bonchev–Trinajstić information content (AvgIpc) is 2.44. The van der Waals surface area contributed by atoms with E-state index in [1.54, 1.807) is 12.1 Å². The van der Waals surface area contributed by atoms with Crippen LogP contribution in [0.5, 0.6) is 0 Å². The molecule has 0 aromatic heterocycles. The molecule has 1 fully saturated rings. The van der Waals surface area contributed by atoms with Crippen LogP contribution in [0.4, 0.5) is 5.69 Å². The van der Waals surface area contributed by atoms with Gasteiger partial charge in [-0.05, 0) is 29.8 Å². The molecule has 0 atom stereocenters. The normalized spacial score (nSPS) is 19.0. The minimum absolute atomic E-state index is 0.416. The Labute approximate surface area is 105 Å². The number of ether oxygens (including phenoxy) is 1. The zero-order valence-electron chi connectivity index (χ0n) is 9.89. The van der Waals surface area contributed by atoms with Crippen LogP contribution in [0.3, 0.4) is 0 Å². The van der Waals surface area contributed by atoms with Gasteiger partial charge in [-0.1, -0.05) is 6.08 Å². The fraction of sp³-hybridized carbons (Fsp3) is 0.286. The molecule has 0 spiro atoms. The van der Waals surface area contributed by atoms with Crippen LogP contribution in [0.1, 0.15) is 15.9 Å². The first-order valence-corrected chi connectivity index (χ1v) is 5.99. The van der Waals surface area contributed by atoms with Gasteiger partial charge in [0.15, 0.2) is 0 Å². The second-order valence-electron chi connectivity index (χ2n) is 4.40. The van der Waals surface area contributed by atoms with Crippen molar-refractivity contribution in [2.45, 2.75) is 0 Å². The molecule has 0 amide bonds. The fourth-order valence-corrected chi connectivity index (χ4v) is 2.29. The number of morpholine rings is 1. The molecule has 1 saturated heterocycles. The predicted octanol–water partition coefficient (Wildman–Crippen LogP) is 1.30. The van der Waals surface area contributed by atoms with Gasteiger partial charge in [-0.25, -0.2) is 0 Å². The second-order valence-corrected chi connectivity index (χ2v) is 4.40. The summed E-state index contributed by atoms with van der Waals surface area (Å²) in [7, 11) is 0. The molecule has 0 radical (unpaired) electrons. The van der Waals surface area contributed by atoms with E-state index in [0.29, 0.717) is 5.56 Å². The van der Waals surface area contributed by atoms with Crippen molar-refractivity contribution in [3.63, 3.8) is 0 Å². The number of hydrogen-bond donors (Lipinski definition) is 0. The molecule has 92 valence electrons. The van der Waals surface area contributed by atoms with E-state index in [0.717, 1.165) is 37.6 Å². The molecule has 0 bridgehead atoms. The van der Waals surface area contributed by atoms with Crippen LogP contribution in [0, 0.1) is 0 Å². The predicted molar refractivity (Wildman–Crippen MR) is 67.8 cm³/mol. The third-order valence-electron chi connectivity index (χ3n) is 3.29. The van der Waals surface area contributed by atoms with Gasteiger partial charge in [0, 0.05) is 24.3 Å². The number of Topliss-reactive ketones (excluding diaryl/α,β-unsaturated/α-hetero) is 1. The summed E-state index contributed by atoms with van der Waals surface area (Å²) < 4.78 is 5.31. The maximum atomic E-state index is 11.7. The van der Waals surface area contributed by atoms with E-state index >= 15 is 0 Å². The number of anilines is 1. The molecule has 1 aliphatic carbocycles. The number of fused-ring (bicyclic) bond motifs is 1. The van der Waals surface area contributed by atoms with Crippen molar-refractivity contribution in [3.05, 3.63) is 35.4 Å². The van der Waals surface area contributed by atoms with E-state index in [1.807, 2.05) is 12.1 Å². The van der Waals surface area contributed by atoms with Gasteiger partial charge in [0.25, 0.3) is 0 Å². The van der Waals surface area contributed by atoms with Crippen molar-refractivity contribution >= 4 is 23.3 Å². The van der Waals surface area contributed by atoms with Crippen LogP contribution in [0.25, 0.3) is 6.08 Å². The highest BCUT2D eigenvalue weighted by Crippen LogP contribution is 2.24. The Balaban J connectivity index is 1.95. The van der Waals surface area contributed by atoms with E-state index < -0.39 is 11.6 Å². The molecule has 1 aromatic carbocycles. The van der Waals surface area contributed by atoms with Crippen molar-refractivity contribution in [2.75, 3.05) is 31.2 Å². The lowest BCUT2D eigenvalue weighted by atomic mass is 9.95. The third kappa shape index (κ3) is 1.84. The minimum Gasteiger partial charge on any atom is -0.378 e. The summed E-state index contributed by atoms with van der Waals surface area (Å²) in [4.78, 5) is 25.2. The summed E-state index contributed by atoms with van der Waals surface area (Å²) in [5, 5.41) is 0. The smallest absolute Gasteiger partial charge is 0.233 e. The number of carbonyl (C=O) groups is 2. The van der Waals surface area contributed by atoms with Gasteiger partial charge in [0.1, 0.15) is 0 Å². The van der Waals surface area contributed by atoms with Crippen molar-refractivity contribution in [2.24, 2.45) is 0 Å². The Morgan fingerprint density at radius 1 is 1.06 bits per heavy atom. The van der Waals surface area contributed by atoms with E-state index in [1.165, 1.54) is 6.08 Å². The van der Waals surface area contributed by atoms with Gasteiger partial charge in [0.05, 0.1) is 13.2 Å². The number of nitrogens with zero attached hydrogens (tertiary/aromatic N) is 1. The molecule has 1 aliphatic heterocycles. The van der Waals surface area contributed by atoms with Gasteiger partial charge in [0.2, 0.25) is 11.6 Å². The van der Waals surface area contributed by atoms with Crippen LogP contribution >= 0.6 is 0 Å². The molecule has 3 rings (SSSR count). The summed E-state index contributed by atoms with van der Waals surface area (Å²) in [6.07, 6.45) is 3.05. The zero-order chi connectivity index (χ0) is 12.5. The molecule has 18 heavy (non-hydrogen) atoms. The first-order chi connectivity index (χ1) is 8.75. The monoisotopic (exact) mass is 243 g/mol. The molecule has 1 aromatic rings. The van der Waals surface area contributed by atoms with E-state index in [2.05, 4.69) is 4.90 Å². The lowest BCUT2D eigenvalue weighted by molar-refractivity contribution is -0.110. The Morgan fingerprint density at radius 3 is 2.61 bits per heavy atom. The van der Waals surface area contributed by atoms with Crippen LogP contribution < -0.4 is 4.90 Å². The number of benzene rings is 1. The molecule has 0 N–H and O–H groups in total. The minimum atomic E-state index is -0.443. The quantitative estimate of drug-likeness (QED) is 0.697. The zero-order valence-corrected chi connectivity index (χ0v) is 9.89. The molecule has 2 aliphatic rings.